The van der Waals surface area contributed by atoms with Crippen LogP contribution in [-0.4, -0.2) is 58.4 Å². The summed E-state index contributed by atoms with van der Waals surface area (Å²) < 4.78 is 10.9. The first-order chi connectivity index (χ1) is 13.6. The molecule has 2 saturated heterocycles. The lowest BCUT2D eigenvalue weighted by Crippen LogP contribution is -2.36. The molecule has 0 spiro atoms. The number of rotatable bonds is 4. The zero-order valence-electron chi connectivity index (χ0n) is 16.7. The lowest BCUT2D eigenvalue weighted by Gasteiger charge is -2.29. The van der Waals surface area contributed by atoms with Crippen molar-refractivity contribution in [3.05, 3.63) is 58.7 Å². The topological polar surface area (TPSA) is 42.0 Å². The molecule has 2 aromatic rings. The van der Waals surface area contributed by atoms with Gasteiger partial charge in [-0.15, -0.1) is 0 Å². The van der Waals surface area contributed by atoms with Crippen LogP contribution in [0.4, 0.5) is 11.4 Å². The smallest absolute Gasteiger partial charge is 0.193 e. The highest BCUT2D eigenvalue weighted by Gasteiger charge is 2.18. The third-order valence-corrected chi connectivity index (χ3v) is 5.66. The minimum atomic E-state index is 0.0945. The molecule has 0 radical (unpaired) electrons. The van der Waals surface area contributed by atoms with E-state index in [1.54, 1.807) is 0 Å². The number of hydrogen-bond donors (Lipinski definition) is 0. The van der Waals surface area contributed by atoms with Gasteiger partial charge in [0.05, 0.1) is 26.4 Å². The van der Waals surface area contributed by atoms with Gasteiger partial charge in [-0.1, -0.05) is 0 Å². The van der Waals surface area contributed by atoms with Gasteiger partial charge in [0, 0.05) is 48.7 Å². The maximum atomic E-state index is 13.2. The van der Waals surface area contributed by atoms with Crippen molar-refractivity contribution in [2.75, 3.05) is 62.4 Å². The Morgan fingerprint density at radius 3 is 1.46 bits per heavy atom. The van der Waals surface area contributed by atoms with Crippen molar-refractivity contribution < 1.29 is 14.3 Å². The summed E-state index contributed by atoms with van der Waals surface area (Å²) in [4.78, 5) is 17.8. The quantitative estimate of drug-likeness (QED) is 0.762. The molecule has 0 aliphatic carbocycles. The summed E-state index contributed by atoms with van der Waals surface area (Å²) in [6, 6.07) is 12.3. The molecular weight excluding hydrogens is 352 g/mol. The fourth-order valence-electron chi connectivity index (χ4n) is 3.99. The molecule has 0 atom stereocenters. The van der Waals surface area contributed by atoms with E-state index in [0.717, 1.165) is 86.2 Å². The van der Waals surface area contributed by atoms with Crippen molar-refractivity contribution in [2.24, 2.45) is 0 Å². The molecule has 0 amide bonds. The SMILES string of the molecule is Cc1cc(N2CCOCC2)ccc1C(=O)c1ccc(N2CCOCC2)cc1C. The Kier molecular flexibility index (Phi) is 5.64. The number of ketones is 1. The van der Waals surface area contributed by atoms with Crippen LogP contribution in [0.5, 0.6) is 0 Å². The van der Waals surface area contributed by atoms with E-state index in [2.05, 4.69) is 34.1 Å². The molecule has 5 heteroatoms. The van der Waals surface area contributed by atoms with E-state index in [1.165, 1.54) is 0 Å². The van der Waals surface area contributed by atoms with Crippen LogP contribution in [0, 0.1) is 13.8 Å². The van der Waals surface area contributed by atoms with Crippen molar-refractivity contribution in [1.82, 2.24) is 0 Å². The van der Waals surface area contributed by atoms with Crippen molar-refractivity contribution in [1.29, 1.82) is 0 Å². The van der Waals surface area contributed by atoms with Gasteiger partial charge in [-0.05, 0) is 61.4 Å². The minimum absolute atomic E-state index is 0.0945. The second kappa shape index (κ2) is 8.33. The number of ether oxygens (including phenoxy) is 2. The van der Waals surface area contributed by atoms with E-state index < -0.39 is 0 Å². The third kappa shape index (κ3) is 3.91. The zero-order valence-corrected chi connectivity index (χ0v) is 16.7. The Morgan fingerprint density at radius 2 is 1.11 bits per heavy atom. The molecule has 2 fully saturated rings. The van der Waals surface area contributed by atoms with Gasteiger partial charge in [0.2, 0.25) is 0 Å². The number of carbonyl (C=O) groups excluding carboxylic acids is 1. The third-order valence-electron chi connectivity index (χ3n) is 5.66. The van der Waals surface area contributed by atoms with Crippen LogP contribution in [0.2, 0.25) is 0 Å². The molecule has 2 aromatic carbocycles. The van der Waals surface area contributed by atoms with E-state index in [4.69, 9.17) is 9.47 Å². The summed E-state index contributed by atoms with van der Waals surface area (Å²) in [6.07, 6.45) is 0. The second-order valence-electron chi connectivity index (χ2n) is 7.53. The summed E-state index contributed by atoms with van der Waals surface area (Å²) in [7, 11) is 0. The van der Waals surface area contributed by atoms with Gasteiger partial charge in [-0.2, -0.15) is 0 Å². The van der Waals surface area contributed by atoms with Crippen molar-refractivity contribution in [2.45, 2.75) is 13.8 Å². The summed E-state index contributed by atoms with van der Waals surface area (Å²) >= 11 is 0. The van der Waals surface area contributed by atoms with Crippen LogP contribution in [0.25, 0.3) is 0 Å². The predicted octanol–water partition coefficient (Wildman–Crippen LogP) is 3.21. The van der Waals surface area contributed by atoms with Crippen LogP contribution >= 0.6 is 0 Å². The largest absolute Gasteiger partial charge is 0.378 e. The Balaban J connectivity index is 1.55. The fraction of sp³-hybridized carbons (Fsp3) is 0.435. The van der Waals surface area contributed by atoms with E-state index in [1.807, 2.05) is 26.0 Å². The molecule has 0 unspecified atom stereocenters. The Hall–Kier alpha value is -2.37. The van der Waals surface area contributed by atoms with Crippen molar-refractivity contribution in [3.8, 4) is 0 Å². The summed E-state index contributed by atoms with van der Waals surface area (Å²) in [5.41, 5.74) is 5.92. The summed E-state index contributed by atoms with van der Waals surface area (Å²) in [6.45, 7) is 10.7. The average Bonchev–Trinajstić information content (AvgIpc) is 2.74. The van der Waals surface area contributed by atoms with E-state index >= 15 is 0 Å². The maximum Gasteiger partial charge on any atom is 0.193 e. The average molecular weight is 380 g/mol. The van der Waals surface area contributed by atoms with Crippen LogP contribution < -0.4 is 9.80 Å². The molecule has 4 rings (SSSR count). The fourth-order valence-corrected chi connectivity index (χ4v) is 3.99. The van der Waals surface area contributed by atoms with Gasteiger partial charge in [0.15, 0.2) is 5.78 Å². The van der Waals surface area contributed by atoms with Crippen molar-refractivity contribution in [3.63, 3.8) is 0 Å². The number of benzene rings is 2. The first-order valence-corrected chi connectivity index (χ1v) is 10.0. The first-order valence-electron chi connectivity index (χ1n) is 10.0. The molecule has 2 aliphatic rings. The number of aryl methyl sites for hydroxylation is 2. The molecule has 0 saturated carbocycles. The molecule has 2 aliphatic heterocycles. The van der Waals surface area contributed by atoms with Crippen molar-refractivity contribution >= 4 is 17.2 Å². The maximum absolute atomic E-state index is 13.2. The molecule has 148 valence electrons. The highest BCUT2D eigenvalue weighted by atomic mass is 16.5. The van der Waals surface area contributed by atoms with Gasteiger partial charge < -0.3 is 19.3 Å². The van der Waals surface area contributed by atoms with Gasteiger partial charge >= 0.3 is 0 Å². The Morgan fingerprint density at radius 1 is 0.714 bits per heavy atom. The molecule has 0 bridgehead atoms. The van der Waals surface area contributed by atoms with Gasteiger partial charge in [-0.3, -0.25) is 4.79 Å². The second-order valence-corrected chi connectivity index (χ2v) is 7.53. The number of hydrogen-bond acceptors (Lipinski definition) is 5. The van der Waals surface area contributed by atoms with Crippen LogP contribution in [0.15, 0.2) is 36.4 Å². The standard InChI is InChI=1S/C23H28N2O3/c1-17-15-19(24-7-11-27-12-8-24)3-5-21(17)23(26)22-6-4-20(16-18(22)2)25-9-13-28-14-10-25/h3-6,15-16H,7-14H2,1-2H3. The van der Waals surface area contributed by atoms with Gasteiger partial charge in [-0.25, -0.2) is 0 Å². The first kappa shape index (κ1) is 19.0. The minimum Gasteiger partial charge on any atom is -0.378 e. The molecule has 0 N–H and O–H groups in total. The Labute approximate surface area is 166 Å². The van der Waals surface area contributed by atoms with E-state index in [9.17, 15) is 4.79 Å². The summed E-state index contributed by atoms with van der Waals surface area (Å²) in [5, 5.41) is 0. The lowest BCUT2D eigenvalue weighted by atomic mass is 9.95. The van der Waals surface area contributed by atoms with Crippen LogP contribution in [0.1, 0.15) is 27.0 Å². The number of carbonyl (C=O) groups is 1. The van der Waals surface area contributed by atoms with E-state index in [0.29, 0.717) is 0 Å². The normalized spacial score (nSPS) is 17.6. The number of nitrogens with zero attached hydrogens (tertiary/aromatic N) is 2. The molecule has 2 heterocycles. The summed E-state index contributed by atoms with van der Waals surface area (Å²) in [5.74, 6) is 0.0945. The monoisotopic (exact) mass is 380 g/mol. The van der Waals surface area contributed by atoms with Crippen LogP contribution in [-0.2, 0) is 9.47 Å². The molecule has 28 heavy (non-hydrogen) atoms. The number of morpholine rings is 2. The number of anilines is 2. The molecule has 5 nitrogen and oxygen atoms in total. The highest BCUT2D eigenvalue weighted by molar-refractivity contribution is 6.11. The van der Waals surface area contributed by atoms with Gasteiger partial charge in [0.25, 0.3) is 0 Å². The molecular formula is C23H28N2O3. The van der Waals surface area contributed by atoms with E-state index in [-0.39, 0.29) is 5.78 Å². The highest BCUT2D eigenvalue weighted by Crippen LogP contribution is 2.26. The predicted molar refractivity (Wildman–Crippen MR) is 112 cm³/mol. The molecule has 0 aromatic heterocycles. The van der Waals surface area contributed by atoms with Crippen LogP contribution in [0.3, 0.4) is 0 Å². The Bertz CT molecular complexity index is 783. The zero-order chi connectivity index (χ0) is 19.5. The lowest BCUT2D eigenvalue weighted by molar-refractivity contribution is 0.103. The van der Waals surface area contributed by atoms with Gasteiger partial charge in [0.1, 0.15) is 0 Å².